The van der Waals surface area contributed by atoms with Gasteiger partial charge < -0.3 is 29.9 Å². The third-order valence-electron chi connectivity index (χ3n) is 4.02. The molecular formula is C17H22O7. The fourth-order valence-electron chi connectivity index (χ4n) is 2.56. The summed E-state index contributed by atoms with van der Waals surface area (Å²) >= 11 is 0. The van der Waals surface area contributed by atoms with Crippen molar-refractivity contribution in [3.8, 4) is 11.5 Å². The number of aliphatic hydroxyl groups excluding tert-OH is 3. The molecule has 7 heteroatoms. The highest BCUT2D eigenvalue weighted by atomic mass is 16.5. The molecule has 1 heterocycles. The zero-order valence-corrected chi connectivity index (χ0v) is 13.5. The monoisotopic (exact) mass is 338 g/mol. The number of phenols is 1. The van der Waals surface area contributed by atoms with Gasteiger partial charge in [-0.1, -0.05) is 12.1 Å². The number of rotatable bonds is 5. The quantitative estimate of drug-likeness (QED) is 0.568. The first-order valence-corrected chi connectivity index (χ1v) is 7.61. The lowest BCUT2D eigenvalue weighted by Gasteiger charge is -2.39. The Balaban J connectivity index is 2.00. The zero-order chi connectivity index (χ0) is 17.9. The number of allylic oxidation sites excluding steroid dienone is 1. The highest BCUT2D eigenvalue weighted by molar-refractivity contribution is 5.94. The summed E-state index contributed by atoms with van der Waals surface area (Å²) in [4.78, 5) is 12.0. The number of ether oxygens (including phenoxy) is 2. The number of aliphatic hydroxyl groups is 3. The molecular weight excluding hydrogens is 316 g/mol. The molecule has 0 aliphatic carbocycles. The molecule has 0 amide bonds. The van der Waals surface area contributed by atoms with Gasteiger partial charge in [0.15, 0.2) is 17.3 Å². The Morgan fingerprint density at radius 1 is 1.25 bits per heavy atom. The molecule has 1 aliphatic heterocycles. The summed E-state index contributed by atoms with van der Waals surface area (Å²) in [5.41, 5.74) is 0.659. The van der Waals surface area contributed by atoms with Crippen LogP contribution in [0.4, 0.5) is 0 Å². The van der Waals surface area contributed by atoms with E-state index < -0.39 is 30.5 Å². The molecule has 132 valence electrons. The summed E-state index contributed by atoms with van der Waals surface area (Å²) in [6.45, 7) is 1.57. The molecule has 1 unspecified atom stereocenters. The second kappa shape index (κ2) is 7.76. The van der Waals surface area contributed by atoms with Crippen LogP contribution in [0, 0.1) is 0 Å². The molecule has 1 aliphatic rings. The fraction of sp³-hybridized carbons (Fsp3) is 0.471. The number of carbonyl (C=O) groups excluding carboxylic acids is 1. The van der Waals surface area contributed by atoms with Gasteiger partial charge in [0, 0.05) is 6.42 Å². The predicted molar refractivity (Wildman–Crippen MR) is 85.7 cm³/mol. The SMILES string of the molecule is COc1cc(/C=C/C(=O)C[C@@H]2O[C@@H](C)C(O)[C@@H](O)[C@H]2O)ccc1O. The third kappa shape index (κ3) is 4.12. The van der Waals surface area contributed by atoms with Crippen LogP contribution in [0.2, 0.25) is 0 Å². The van der Waals surface area contributed by atoms with Crippen molar-refractivity contribution in [2.45, 2.75) is 43.9 Å². The van der Waals surface area contributed by atoms with Crippen molar-refractivity contribution in [3.05, 3.63) is 29.8 Å². The lowest BCUT2D eigenvalue weighted by Crippen LogP contribution is -2.56. The van der Waals surface area contributed by atoms with Crippen LogP contribution in [0.5, 0.6) is 11.5 Å². The van der Waals surface area contributed by atoms with Gasteiger partial charge in [0.25, 0.3) is 0 Å². The molecule has 0 spiro atoms. The Morgan fingerprint density at radius 2 is 1.96 bits per heavy atom. The van der Waals surface area contributed by atoms with E-state index in [4.69, 9.17) is 9.47 Å². The maximum absolute atomic E-state index is 12.0. The molecule has 5 atom stereocenters. The van der Waals surface area contributed by atoms with Gasteiger partial charge in [-0.3, -0.25) is 4.79 Å². The number of hydrogen-bond acceptors (Lipinski definition) is 7. The number of phenolic OH excluding ortho intramolecular Hbond substituents is 1. The molecule has 7 nitrogen and oxygen atoms in total. The van der Waals surface area contributed by atoms with E-state index in [0.717, 1.165) is 0 Å². The Kier molecular flexibility index (Phi) is 5.95. The highest BCUT2D eigenvalue weighted by Crippen LogP contribution is 2.27. The smallest absolute Gasteiger partial charge is 0.161 e. The number of carbonyl (C=O) groups is 1. The van der Waals surface area contributed by atoms with E-state index in [1.165, 1.54) is 19.3 Å². The molecule has 2 rings (SSSR count). The first kappa shape index (κ1) is 18.4. The van der Waals surface area contributed by atoms with Gasteiger partial charge in [-0.25, -0.2) is 0 Å². The maximum atomic E-state index is 12.0. The van der Waals surface area contributed by atoms with Gasteiger partial charge in [0.1, 0.15) is 18.3 Å². The predicted octanol–water partition coefficient (Wildman–Crippen LogP) is 0.243. The number of benzene rings is 1. The highest BCUT2D eigenvalue weighted by Gasteiger charge is 2.41. The van der Waals surface area contributed by atoms with E-state index in [2.05, 4.69) is 0 Å². The third-order valence-corrected chi connectivity index (χ3v) is 4.02. The van der Waals surface area contributed by atoms with Crippen LogP contribution in [0.25, 0.3) is 6.08 Å². The summed E-state index contributed by atoms with van der Waals surface area (Å²) < 4.78 is 10.4. The zero-order valence-electron chi connectivity index (χ0n) is 13.5. The molecule has 1 aromatic rings. The van der Waals surface area contributed by atoms with Gasteiger partial charge in [-0.2, -0.15) is 0 Å². The van der Waals surface area contributed by atoms with Crippen molar-refractivity contribution in [2.75, 3.05) is 7.11 Å². The van der Waals surface area contributed by atoms with Crippen LogP contribution >= 0.6 is 0 Å². The van der Waals surface area contributed by atoms with E-state index in [9.17, 15) is 25.2 Å². The van der Waals surface area contributed by atoms with Crippen molar-refractivity contribution < 1.29 is 34.7 Å². The van der Waals surface area contributed by atoms with Crippen LogP contribution in [-0.2, 0) is 9.53 Å². The molecule has 0 bridgehead atoms. The Bertz CT molecular complexity index is 613. The van der Waals surface area contributed by atoms with E-state index in [0.29, 0.717) is 11.3 Å². The number of ketones is 1. The maximum Gasteiger partial charge on any atom is 0.161 e. The standard InChI is InChI=1S/C17H22O7/c1-9-15(20)17(22)16(21)14(24-9)8-11(18)5-3-10-4-6-12(19)13(7-10)23-2/h3-7,9,14-17,19-22H,8H2,1-2H3/b5-3+/t9-,14-,15?,16-,17+/m0/s1. The van der Waals surface area contributed by atoms with Crippen LogP contribution in [0.15, 0.2) is 24.3 Å². The first-order valence-electron chi connectivity index (χ1n) is 7.61. The second-order valence-electron chi connectivity index (χ2n) is 5.79. The summed E-state index contributed by atoms with van der Waals surface area (Å²) in [6, 6.07) is 4.65. The van der Waals surface area contributed by atoms with Crippen LogP contribution < -0.4 is 4.74 Å². The van der Waals surface area contributed by atoms with Crippen molar-refractivity contribution in [2.24, 2.45) is 0 Å². The fourth-order valence-corrected chi connectivity index (χ4v) is 2.56. The minimum atomic E-state index is -1.35. The normalized spacial score (nSPS) is 30.5. The van der Waals surface area contributed by atoms with E-state index in [1.807, 2.05) is 0 Å². The van der Waals surface area contributed by atoms with Crippen LogP contribution in [-0.4, -0.2) is 63.8 Å². The second-order valence-corrected chi connectivity index (χ2v) is 5.79. The lowest BCUT2D eigenvalue weighted by atomic mass is 9.93. The van der Waals surface area contributed by atoms with Crippen LogP contribution in [0.1, 0.15) is 18.9 Å². The van der Waals surface area contributed by atoms with Gasteiger partial charge in [0.2, 0.25) is 0 Å². The van der Waals surface area contributed by atoms with Crippen LogP contribution in [0.3, 0.4) is 0 Å². The molecule has 0 saturated carbocycles. The average Bonchev–Trinajstić information content (AvgIpc) is 2.57. The van der Waals surface area contributed by atoms with Gasteiger partial charge >= 0.3 is 0 Å². The number of aromatic hydroxyl groups is 1. The summed E-state index contributed by atoms with van der Waals surface area (Å²) in [7, 11) is 1.43. The van der Waals surface area contributed by atoms with E-state index in [1.54, 1.807) is 25.1 Å². The molecule has 24 heavy (non-hydrogen) atoms. The van der Waals surface area contributed by atoms with E-state index in [-0.39, 0.29) is 18.0 Å². The minimum absolute atomic E-state index is 0.00115. The van der Waals surface area contributed by atoms with Crippen molar-refractivity contribution in [1.29, 1.82) is 0 Å². The molecule has 4 N–H and O–H groups in total. The largest absolute Gasteiger partial charge is 0.504 e. The minimum Gasteiger partial charge on any atom is -0.504 e. The summed E-state index contributed by atoms with van der Waals surface area (Å²) in [5.74, 6) is -0.00955. The Labute approximate surface area is 139 Å². The van der Waals surface area contributed by atoms with Gasteiger partial charge in [0.05, 0.1) is 19.3 Å². The first-order chi connectivity index (χ1) is 11.3. The Hall–Kier alpha value is -1.93. The molecule has 0 radical (unpaired) electrons. The molecule has 0 aromatic heterocycles. The molecule has 1 fully saturated rings. The summed E-state index contributed by atoms with van der Waals surface area (Å²) in [6.07, 6.45) is -2.68. The Morgan fingerprint density at radius 3 is 2.62 bits per heavy atom. The summed E-state index contributed by atoms with van der Waals surface area (Å²) in [5, 5.41) is 38.8. The van der Waals surface area contributed by atoms with E-state index >= 15 is 0 Å². The lowest BCUT2D eigenvalue weighted by molar-refractivity contribution is -0.217. The van der Waals surface area contributed by atoms with Gasteiger partial charge in [-0.15, -0.1) is 0 Å². The number of hydrogen-bond donors (Lipinski definition) is 4. The van der Waals surface area contributed by atoms with Crippen molar-refractivity contribution >= 4 is 11.9 Å². The molecule has 1 aromatic carbocycles. The van der Waals surface area contributed by atoms with Crippen molar-refractivity contribution in [1.82, 2.24) is 0 Å². The van der Waals surface area contributed by atoms with Gasteiger partial charge in [-0.05, 0) is 30.7 Å². The van der Waals surface area contributed by atoms with Crippen molar-refractivity contribution in [3.63, 3.8) is 0 Å². The molecule has 1 saturated heterocycles. The number of methoxy groups -OCH3 is 1. The average molecular weight is 338 g/mol. The topological polar surface area (TPSA) is 116 Å².